The third-order valence-corrected chi connectivity index (χ3v) is 2.55. The number of nitrogens with two attached hydrogens (primary N) is 1. The summed E-state index contributed by atoms with van der Waals surface area (Å²) in [5.74, 6) is 4.70. The molecule has 0 aliphatic heterocycles. The second kappa shape index (κ2) is 3.72. The molecule has 0 heterocycles. The number of hydrogen-bond acceptors (Lipinski definition) is 3. The van der Waals surface area contributed by atoms with Gasteiger partial charge >= 0.3 is 0 Å². The number of sulfonamides is 1. The highest BCUT2D eigenvalue weighted by molar-refractivity contribution is 7.89. The van der Waals surface area contributed by atoms with Crippen LogP contribution in [0.5, 0.6) is 0 Å². The normalized spacial score (nSPS) is 16.4. The maximum Gasteiger partial charge on any atom is 0.215 e. The van der Waals surface area contributed by atoms with Crippen molar-refractivity contribution in [2.24, 2.45) is 5.14 Å². The molecule has 0 rings (SSSR count). The van der Waals surface area contributed by atoms with E-state index >= 15 is 0 Å². The van der Waals surface area contributed by atoms with E-state index in [4.69, 9.17) is 10.2 Å². The van der Waals surface area contributed by atoms with Crippen molar-refractivity contribution in [3.8, 4) is 11.8 Å². The van der Waals surface area contributed by atoms with Crippen LogP contribution in [0.25, 0.3) is 0 Å². The maximum absolute atomic E-state index is 10.6. The first kappa shape index (κ1) is 10.4. The van der Waals surface area contributed by atoms with Crippen LogP contribution in [0.15, 0.2) is 0 Å². The molecule has 0 bridgehead atoms. The van der Waals surface area contributed by atoms with Crippen LogP contribution in [0.1, 0.15) is 13.8 Å². The van der Waals surface area contributed by atoms with Crippen molar-refractivity contribution < 1.29 is 13.5 Å². The lowest BCUT2D eigenvalue weighted by Gasteiger charge is -2.09. The summed E-state index contributed by atoms with van der Waals surface area (Å²) in [6, 6.07) is 0. The first-order valence-corrected chi connectivity index (χ1v) is 4.62. The van der Waals surface area contributed by atoms with Gasteiger partial charge in [0, 0.05) is 0 Å². The summed E-state index contributed by atoms with van der Waals surface area (Å²) in [6.07, 6.45) is -1.20. The first-order chi connectivity index (χ1) is 4.89. The fourth-order valence-corrected chi connectivity index (χ4v) is 0.872. The molecule has 0 aliphatic rings. The fourth-order valence-electron chi connectivity index (χ4n) is 0.445. The van der Waals surface area contributed by atoms with Gasteiger partial charge in [-0.25, -0.2) is 13.6 Å². The Morgan fingerprint density at radius 2 is 2.00 bits per heavy atom. The van der Waals surface area contributed by atoms with E-state index < -0.39 is 21.4 Å². The minimum absolute atomic E-state index is 1.03. The summed E-state index contributed by atoms with van der Waals surface area (Å²) in [5, 5.41) is 12.7. The molecule has 11 heavy (non-hydrogen) atoms. The average Bonchev–Trinajstić information content (AvgIpc) is 1.85. The van der Waals surface area contributed by atoms with Crippen LogP contribution in [0.3, 0.4) is 0 Å². The van der Waals surface area contributed by atoms with Gasteiger partial charge in [-0.2, -0.15) is 0 Å². The number of rotatable bonds is 2. The standard InChI is InChI=1S/C6H11NO3S/c1-3-4-6(8)5(2)11(7,9)10/h5-6,8H,1-2H3,(H2,7,9,10)/t5-,6+/m0/s1. The van der Waals surface area contributed by atoms with Gasteiger partial charge in [0.05, 0.1) is 0 Å². The molecule has 0 fully saturated rings. The summed E-state index contributed by atoms with van der Waals surface area (Å²) >= 11 is 0. The predicted octanol–water partition coefficient (Wildman–Crippen LogP) is -0.952. The highest BCUT2D eigenvalue weighted by atomic mass is 32.2. The molecule has 0 aliphatic carbocycles. The van der Waals surface area contributed by atoms with Crippen molar-refractivity contribution in [3.63, 3.8) is 0 Å². The van der Waals surface area contributed by atoms with E-state index in [1.54, 1.807) is 0 Å². The second-order valence-electron chi connectivity index (χ2n) is 2.13. The highest BCUT2D eigenvalue weighted by Gasteiger charge is 2.22. The summed E-state index contributed by atoms with van der Waals surface area (Å²) in [6.45, 7) is 2.82. The van der Waals surface area contributed by atoms with Gasteiger partial charge in [-0.05, 0) is 13.8 Å². The molecule has 0 saturated heterocycles. The van der Waals surface area contributed by atoms with Gasteiger partial charge in [-0.1, -0.05) is 5.92 Å². The molecule has 0 aromatic heterocycles. The monoisotopic (exact) mass is 177 g/mol. The zero-order valence-electron chi connectivity index (χ0n) is 6.40. The Hall–Kier alpha value is -0.570. The summed E-state index contributed by atoms with van der Waals surface area (Å²) in [4.78, 5) is 0. The van der Waals surface area contributed by atoms with Crippen molar-refractivity contribution in [2.45, 2.75) is 25.2 Å². The summed E-state index contributed by atoms with van der Waals surface area (Å²) < 4.78 is 21.2. The van der Waals surface area contributed by atoms with Crippen LogP contribution in [0, 0.1) is 11.8 Å². The van der Waals surface area contributed by atoms with Crippen molar-refractivity contribution in [2.75, 3.05) is 0 Å². The Morgan fingerprint density at radius 1 is 1.55 bits per heavy atom. The third kappa shape index (κ3) is 3.37. The van der Waals surface area contributed by atoms with Crippen molar-refractivity contribution >= 4 is 10.0 Å². The molecular weight excluding hydrogens is 166 g/mol. The number of primary sulfonamides is 1. The van der Waals surface area contributed by atoms with E-state index in [1.165, 1.54) is 13.8 Å². The van der Waals surface area contributed by atoms with Gasteiger partial charge in [-0.3, -0.25) is 0 Å². The topological polar surface area (TPSA) is 80.4 Å². The van der Waals surface area contributed by atoms with Crippen LogP contribution in [0.4, 0.5) is 0 Å². The summed E-state index contributed by atoms with van der Waals surface area (Å²) in [5.41, 5.74) is 0. The van der Waals surface area contributed by atoms with Crippen LogP contribution in [-0.2, 0) is 10.0 Å². The quantitative estimate of drug-likeness (QED) is 0.533. The Kier molecular flexibility index (Phi) is 3.52. The van der Waals surface area contributed by atoms with Gasteiger partial charge in [0.15, 0.2) is 0 Å². The molecular formula is C6H11NO3S. The molecule has 64 valence electrons. The zero-order valence-corrected chi connectivity index (χ0v) is 7.22. The van der Waals surface area contributed by atoms with Gasteiger partial charge in [0.2, 0.25) is 10.0 Å². The maximum atomic E-state index is 10.6. The molecule has 0 aromatic carbocycles. The van der Waals surface area contributed by atoms with Crippen LogP contribution >= 0.6 is 0 Å². The lowest BCUT2D eigenvalue weighted by atomic mass is 10.3. The van der Waals surface area contributed by atoms with E-state index in [9.17, 15) is 8.42 Å². The minimum Gasteiger partial charge on any atom is -0.379 e. The van der Waals surface area contributed by atoms with E-state index in [1.807, 2.05) is 0 Å². The van der Waals surface area contributed by atoms with Gasteiger partial charge in [-0.15, -0.1) is 5.92 Å². The van der Waals surface area contributed by atoms with E-state index in [0.717, 1.165) is 0 Å². The fraction of sp³-hybridized carbons (Fsp3) is 0.667. The second-order valence-corrected chi connectivity index (χ2v) is 4.05. The molecule has 4 nitrogen and oxygen atoms in total. The lowest BCUT2D eigenvalue weighted by molar-refractivity contribution is 0.230. The SMILES string of the molecule is CC#C[C@@H](O)[C@H](C)S(N)(=O)=O. The number of hydrogen-bond donors (Lipinski definition) is 2. The largest absolute Gasteiger partial charge is 0.379 e. The Labute approximate surface area is 66.5 Å². The lowest BCUT2D eigenvalue weighted by Crippen LogP contribution is -2.35. The van der Waals surface area contributed by atoms with Crippen LogP contribution in [-0.4, -0.2) is 24.9 Å². The summed E-state index contributed by atoms with van der Waals surface area (Å²) in [7, 11) is -3.68. The van der Waals surface area contributed by atoms with E-state index in [2.05, 4.69) is 11.8 Å². The Morgan fingerprint density at radius 3 is 2.27 bits per heavy atom. The highest BCUT2D eigenvalue weighted by Crippen LogP contribution is 2.00. The van der Waals surface area contributed by atoms with Crippen molar-refractivity contribution in [1.82, 2.24) is 0 Å². The van der Waals surface area contributed by atoms with Gasteiger partial charge in [0.25, 0.3) is 0 Å². The zero-order chi connectivity index (χ0) is 9.07. The average molecular weight is 177 g/mol. The van der Waals surface area contributed by atoms with E-state index in [0.29, 0.717) is 0 Å². The molecule has 0 unspecified atom stereocenters. The molecule has 0 spiro atoms. The molecule has 0 radical (unpaired) electrons. The smallest absolute Gasteiger partial charge is 0.215 e. The Balaban J connectivity index is 4.47. The number of aliphatic hydroxyl groups excluding tert-OH is 1. The first-order valence-electron chi connectivity index (χ1n) is 3.01. The molecule has 3 N–H and O–H groups in total. The van der Waals surface area contributed by atoms with Gasteiger partial charge in [0.1, 0.15) is 11.4 Å². The van der Waals surface area contributed by atoms with Crippen molar-refractivity contribution in [3.05, 3.63) is 0 Å². The van der Waals surface area contributed by atoms with Crippen LogP contribution < -0.4 is 5.14 Å². The number of aliphatic hydroxyl groups is 1. The Bertz CT molecular complexity index is 272. The third-order valence-electron chi connectivity index (χ3n) is 1.26. The van der Waals surface area contributed by atoms with Crippen LogP contribution in [0.2, 0.25) is 0 Å². The van der Waals surface area contributed by atoms with Crippen molar-refractivity contribution in [1.29, 1.82) is 0 Å². The van der Waals surface area contributed by atoms with Gasteiger partial charge < -0.3 is 5.11 Å². The molecule has 2 atom stereocenters. The molecule has 0 saturated carbocycles. The van der Waals surface area contributed by atoms with E-state index in [-0.39, 0.29) is 0 Å². The molecule has 0 amide bonds. The molecule has 0 aromatic rings. The predicted molar refractivity (Wildman–Crippen MR) is 42.0 cm³/mol. The molecule has 5 heteroatoms. The minimum atomic E-state index is -3.68.